The van der Waals surface area contributed by atoms with Crippen molar-refractivity contribution in [1.82, 2.24) is 0 Å². The zero-order chi connectivity index (χ0) is 0. The van der Waals surface area contributed by atoms with Crippen molar-refractivity contribution in [3.63, 3.8) is 0 Å². The molecule has 0 aliphatic carbocycles. The van der Waals surface area contributed by atoms with E-state index in [0.717, 1.165) is 0 Å². The first kappa shape index (κ1) is 44.2. The molecule has 0 aliphatic heterocycles. The van der Waals surface area contributed by atoms with E-state index in [-0.39, 0.29) is 60.3 Å². The minimum atomic E-state index is 0. The molecule has 0 aliphatic rings. The van der Waals surface area contributed by atoms with Crippen LogP contribution in [0.3, 0.4) is 0 Å². The van der Waals surface area contributed by atoms with Crippen LogP contribution in [0.4, 0.5) is 0 Å². The average molecular weight is 86.8 g/mol. The third kappa shape index (κ3) is 9.37. The van der Waals surface area contributed by atoms with Crippen LogP contribution >= 0.6 is 0 Å². The van der Waals surface area contributed by atoms with Crippen LogP contribution in [-0.4, -0.2) is 37.7 Å². The molecule has 0 fully saturated rings. The van der Waals surface area contributed by atoms with Crippen LogP contribution < -0.4 is 0 Å². The summed E-state index contributed by atoms with van der Waals surface area (Å²) in [5, 5.41) is 0. The Hall–Kier alpha value is 1.67. The molecule has 0 atom stereocenters. The molecule has 0 unspecified atom stereocenters. The molecular formula is H2Li2MnO. The van der Waals surface area contributed by atoms with Gasteiger partial charge in [0.15, 0.2) is 0 Å². The Balaban J connectivity index is 0. The third-order valence-corrected chi connectivity index (χ3v) is 0. The van der Waals surface area contributed by atoms with Gasteiger partial charge in [-0.2, -0.15) is 0 Å². The minimum absolute atomic E-state index is 0. The molecule has 17 valence electrons. The zero-order valence-corrected chi connectivity index (χ0v) is 1.97. The van der Waals surface area contributed by atoms with Gasteiger partial charge in [0, 0.05) is 0 Å². The molecule has 0 aromatic carbocycles. The van der Waals surface area contributed by atoms with E-state index in [4.69, 9.17) is 0 Å². The normalized spacial score (nSPS) is 0. The van der Waals surface area contributed by atoms with Gasteiger partial charge in [-0.25, -0.2) is 0 Å². The number of hydrogen-bond acceptors (Lipinski definition) is 0. The smallest absolute Gasteiger partial charge is 2.00 e. The summed E-state index contributed by atoms with van der Waals surface area (Å²) in [5.74, 6) is 0. The van der Waals surface area contributed by atoms with Crippen molar-refractivity contribution in [3.8, 4) is 0 Å². The van der Waals surface area contributed by atoms with Gasteiger partial charge in [-0.15, -0.1) is 0 Å². The van der Waals surface area contributed by atoms with Crippen molar-refractivity contribution >= 4 is 37.7 Å². The molecule has 0 aromatic heterocycles. The van der Waals surface area contributed by atoms with Gasteiger partial charge in [-0.1, -0.05) is 0 Å². The molecule has 0 N–H and O–H groups in total. The first-order valence-corrected chi connectivity index (χ1v) is 0. The Morgan fingerprint density at radius 1 is 0.750 bits per heavy atom. The molecule has 1 radical (unpaired) electrons. The number of hydrogen-bond donors (Lipinski definition) is 0. The number of rotatable bonds is 0. The molecule has 1 nitrogen and oxygen atoms in total. The molecule has 0 amide bonds. The Bertz CT molecular complexity index is 6.00. The van der Waals surface area contributed by atoms with Crippen molar-refractivity contribution in [1.29, 1.82) is 0 Å². The molecule has 0 spiro atoms. The quantitative estimate of drug-likeness (QED) is 0.324. The van der Waals surface area contributed by atoms with Gasteiger partial charge in [-0.3, -0.25) is 0 Å². The summed E-state index contributed by atoms with van der Waals surface area (Å²) >= 11 is 0. The SMILES string of the molecule is [LiH].[LiH].[Mn+2].[O-2]. The average Bonchev–Trinajstić information content (AvgIpc) is 0. The van der Waals surface area contributed by atoms with Gasteiger partial charge >= 0.3 is 54.8 Å². The zero-order valence-electron chi connectivity index (χ0n) is 0.786. The largest absolute Gasteiger partial charge is 2.00 e. The fourth-order valence-corrected chi connectivity index (χ4v) is 0. The van der Waals surface area contributed by atoms with E-state index >= 15 is 0 Å². The predicted molar refractivity (Wildman–Crippen MR) is 15.0 cm³/mol. The topological polar surface area (TPSA) is 28.5 Å². The second-order valence-electron chi connectivity index (χ2n) is 0. The Morgan fingerprint density at radius 2 is 0.750 bits per heavy atom. The van der Waals surface area contributed by atoms with Crippen molar-refractivity contribution in [2.24, 2.45) is 0 Å². The minimum Gasteiger partial charge on any atom is -2.00 e. The maximum Gasteiger partial charge on any atom is 2.00 e. The van der Waals surface area contributed by atoms with Crippen LogP contribution in [0, 0.1) is 0 Å². The van der Waals surface area contributed by atoms with E-state index in [1.54, 1.807) is 0 Å². The van der Waals surface area contributed by atoms with E-state index in [2.05, 4.69) is 0 Å². The molecule has 0 heterocycles. The van der Waals surface area contributed by atoms with Gasteiger partial charge in [0.25, 0.3) is 0 Å². The first-order chi connectivity index (χ1) is 0. The Labute approximate surface area is 60.0 Å². The molecule has 0 aromatic rings. The fraction of sp³-hybridized carbons (Fsp3) is 0. The molecule has 0 rings (SSSR count). The van der Waals surface area contributed by atoms with Crippen LogP contribution in [0.2, 0.25) is 0 Å². The van der Waals surface area contributed by atoms with E-state index in [1.165, 1.54) is 0 Å². The molecule has 0 saturated carbocycles. The van der Waals surface area contributed by atoms with E-state index in [9.17, 15) is 0 Å². The van der Waals surface area contributed by atoms with Gasteiger partial charge in [0.05, 0.1) is 0 Å². The van der Waals surface area contributed by atoms with Crippen LogP contribution in [0.5, 0.6) is 0 Å². The molecule has 0 bridgehead atoms. The van der Waals surface area contributed by atoms with Crippen LogP contribution in [0.25, 0.3) is 0 Å². The summed E-state index contributed by atoms with van der Waals surface area (Å²) < 4.78 is 0. The molecular weight excluding hydrogens is 84.8 g/mol. The first-order valence-electron chi connectivity index (χ1n) is 0. The van der Waals surface area contributed by atoms with Crippen LogP contribution in [0.15, 0.2) is 0 Å². The van der Waals surface area contributed by atoms with Crippen LogP contribution in [0.1, 0.15) is 0 Å². The summed E-state index contributed by atoms with van der Waals surface area (Å²) in [5.41, 5.74) is 0. The van der Waals surface area contributed by atoms with Gasteiger partial charge < -0.3 is 5.48 Å². The molecule has 4 heavy (non-hydrogen) atoms. The van der Waals surface area contributed by atoms with Gasteiger partial charge in [-0.05, 0) is 0 Å². The third-order valence-electron chi connectivity index (χ3n) is 0. The monoisotopic (exact) mass is 87.0 g/mol. The Morgan fingerprint density at radius 3 is 0.750 bits per heavy atom. The standard InChI is InChI=1S/2Li.Mn.O.2H/q;;+2;-2;;. The summed E-state index contributed by atoms with van der Waals surface area (Å²) in [4.78, 5) is 0. The summed E-state index contributed by atoms with van der Waals surface area (Å²) in [6.45, 7) is 0. The summed E-state index contributed by atoms with van der Waals surface area (Å²) in [6.07, 6.45) is 0. The second-order valence-corrected chi connectivity index (χ2v) is 0. The Kier molecular flexibility index (Phi) is 249. The predicted octanol–water partition coefficient (Wildman–Crippen LogP) is -1.42. The van der Waals surface area contributed by atoms with Crippen molar-refractivity contribution in [2.45, 2.75) is 0 Å². The fourth-order valence-electron chi connectivity index (χ4n) is 0. The maximum atomic E-state index is 0. The van der Waals surface area contributed by atoms with E-state index < -0.39 is 0 Å². The van der Waals surface area contributed by atoms with Gasteiger partial charge in [0.2, 0.25) is 0 Å². The molecule has 0 saturated heterocycles. The van der Waals surface area contributed by atoms with E-state index in [1.807, 2.05) is 0 Å². The van der Waals surface area contributed by atoms with Gasteiger partial charge in [0.1, 0.15) is 0 Å². The van der Waals surface area contributed by atoms with Crippen molar-refractivity contribution < 1.29 is 22.5 Å². The van der Waals surface area contributed by atoms with Crippen molar-refractivity contribution in [2.75, 3.05) is 0 Å². The maximum absolute atomic E-state index is 0. The molecule has 4 heteroatoms. The van der Waals surface area contributed by atoms with E-state index in [0.29, 0.717) is 0 Å². The summed E-state index contributed by atoms with van der Waals surface area (Å²) in [7, 11) is 0. The summed E-state index contributed by atoms with van der Waals surface area (Å²) in [6, 6.07) is 0. The van der Waals surface area contributed by atoms with Crippen LogP contribution in [-0.2, 0) is 22.5 Å². The second kappa shape index (κ2) is 22.5. The van der Waals surface area contributed by atoms with Crippen molar-refractivity contribution in [3.05, 3.63) is 0 Å².